The van der Waals surface area contributed by atoms with E-state index in [1.165, 1.54) is 39.1 Å². The number of nitrogens with two attached hydrogens (primary N) is 1. The van der Waals surface area contributed by atoms with E-state index in [-0.39, 0.29) is 6.04 Å². The molecule has 0 aliphatic heterocycles. The van der Waals surface area contributed by atoms with Crippen LogP contribution >= 0.6 is 0 Å². The largest absolute Gasteiger partial charge is 0.508 e. The number of rotatable bonds is 10. The number of nitrogens with one attached hydrogen (secondary N) is 1. The van der Waals surface area contributed by atoms with Gasteiger partial charge < -0.3 is 16.2 Å². The maximum Gasteiger partial charge on any atom is 0.120 e. The fraction of sp³-hybridized carbons (Fsp3) is 0.400. The minimum atomic E-state index is 0.0731. The molecule has 3 heteroatoms. The number of aryl methyl sites for hydroxylation is 4. The van der Waals surface area contributed by atoms with Crippen LogP contribution in [-0.4, -0.2) is 5.11 Å². The van der Waals surface area contributed by atoms with Gasteiger partial charge in [-0.3, -0.25) is 0 Å². The molecule has 1 atom stereocenters. The Morgan fingerprint density at radius 3 is 1.70 bits per heavy atom. The predicted octanol–water partition coefficient (Wildman–Crippen LogP) is 7.38. The predicted molar refractivity (Wildman–Crippen MR) is 142 cm³/mol. The van der Waals surface area contributed by atoms with Gasteiger partial charge in [-0.2, -0.15) is 0 Å². The number of hydrogen-bond donors (Lipinski definition) is 3. The lowest BCUT2D eigenvalue weighted by atomic mass is 9.92. The Morgan fingerprint density at radius 2 is 1.24 bits per heavy atom. The van der Waals surface area contributed by atoms with Crippen molar-refractivity contribution in [2.24, 2.45) is 0 Å². The van der Waals surface area contributed by atoms with Crippen molar-refractivity contribution in [3.63, 3.8) is 0 Å². The van der Waals surface area contributed by atoms with Gasteiger partial charge in [0.2, 0.25) is 0 Å². The first-order valence-corrected chi connectivity index (χ1v) is 12.5. The number of para-hydroxylation sites is 1. The van der Waals surface area contributed by atoms with E-state index in [4.69, 9.17) is 5.73 Å². The summed E-state index contributed by atoms with van der Waals surface area (Å²) in [7, 11) is 0. The summed E-state index contributed by atoms with van der Waals surface area (Å²) in [6, 6.07) is 17.0. The molecule has 33 heavy (non-hydrogen) atoms. The van der Waals surface area contributed by atoms with E-state index < -0.39 is 0 Å². The van der Waals surface area contributed by atoms with Gasteiger partial charge in [-0.25, -0.2) is 0 Å². The van der Waals surface area contributed by atoms with Crippen molar-refractivity contribution < 1.29 is 5.11 Å². The molecule has 0 aliphatic rings. The summed E-state index contributed by atoms with van der Waals surface area (Å²) in [6.07, 6.45) is 5.65. The molecule has 176 valence electrons. The van der Waals surface area contributed by atoms with Crippen molar-refractivity contribution in [2.75, 3.05) is 11.1 Å². The maximum atomic E-state index is 10.4. The van der Waals surface area contributed by atoms with Crippen molar-refractivity contribution in [1.82, 2.24) is 0 Å². The zero-order valence-electron chi connectivity index (χ0n) is 21.0. The molecule has 1 unspecified atom stereocenters. The summed E-state index contributed by atoms with van der Waals surface area (Å²) in [5.74, 6) is 0.353. The lowest BCUT2D eigenvalue weighted by Gasteiger charge is -2.25. The lowest BCUT2D eigenvalue weighted by Crippen LogP contribution is -2.13. The molecule has 0 spiro atoms. The zero-order chi connectivity index (χ0) is 24.0. The molecular formula is C30H40N2O. The lowest BCUT2D eigenvalue weighted by molar-refractivity contribution is 0.462. The molecule has 0 aliphatic carbocycles. The molecule has 3 aromatic carbocycles. The fourth-order valence-electron chi connectivity index (χ4n) is 4.81. The van der Waals surface area contributed by atoms with E-state index in [0.29, 0.717) is 5.75 Å². The third-order valence-corrected chi connectivity index (χ3v) is 6.74. The summed E-state index contributed by atoms with van der Waals surface area (Å²) in [5, 5.41) is 14.2. The average Bonchev–Trinajstić information content (AvgIpc) is 2.84. The van der Waals surface area contributed by atoms with Gasteiger partial charge in [0, 0.05) is 16.9 Å². The summed E-state index contributed by atoms with van der Waals surface area (Å²) in [5.41, 5.74) is 17.4. The highest BCUT2D eigenvalue weighted by molar-refractivity contribution is 5.62. The Labute approximate surface area is 200 Å². The molecule has 0 heterocycles. The molecule has 3 nitrogen and oxygen atoms in total. The van der Waals surface area contributed by atoms with E-state index in [2.05, 4.69) is 64.2 Å². The van der Waals surface area contributed by atoms with Crippen molar-refractivity contribution >= 4 is 11.4 Å². The Bertz CT molecular complexity index is 1040. The van der Waals surface area contributed by atoms with Crippen LogP contribution in [0.25, 0.3) is 0 Å². The number of phenols is 1. The van der Waals surface area contributed by atoms with Gasteiger partial charge in [0.25, 0.3) is 0 Å². The molecule has 0 radical (unpaired) electrons. The summed E-state index contributed by atoms with van der Waals surface area (Å²) in [6.45, 7) is 11.0. The Kier molecular flexibility index (Phi) is 8.43. The third-order valence-electron chi connectivity index (χ3n) is 6.74. The van der Waals surface area contributed by atoms with Crippen molar-refractivity contribution in [2.45, 2.75) is 79.2 Å². The molecule has 3 rings (SSSR count). The molecule has 0 amide bonds. The van der Waals surface area contributed by atoms with Crippen LogP contribution in [0.3, 0.4) is 0 Å². The van der Waals surface area contributed by atoms with Crippen LogP contribution in [0.15, 0.2) is 48.5 Å². The quantitative estimate of drug-likeness (QED) is 0.286. The number of nitrogen functional groups attached to an aromatic ring is 1. The smallest absolute Gasteiger partial charge is 0.120 e. The molecule has 0 saturated heterocycles. The number of anilines is 2. The van der Waals surface area contributed by atoms with Crippen molar-refractivity contribution in [3.05, 3.63) is 87.5 Å². The van der Waals surface area contributed by atoms with E-state index in [0.717, 1.165) is 49.8 Å². The highest BCUT2D eigenvalue weighted by Crippen LogP contribution is 2.34. The third kappa shape index (κ3) is 5.52. The first kappa shape index (κ1) is 24.7. The van der Waals surface area contributed by atoms with Crippen LogP contribution in [-0.2, 0) is 32.1 Å². The van der Waals surface area contributed by atoms with Gasteiger partial charge in [0.1, 0.15) is 5.75 Å². The van der Waals surface area contributed by atoms with Crippen LogP contribution in [0.1, 0.15) is 86.0 Å². The Morgan fingerprint density at radius 1 is 0.758 bits per heavy atom. The molecule has 4 N–H and O–H groups in total. The van der Waals surface area contributed by atoms with Crippen LogP contribution in [0, 0.1) is 0 Å². The first-order valence-electron chi connectivity index (χ1n) is 12.5. The monoisotopic (exact) mass is 444 g/mol. The summed E-state index contributed by atoms with van der Waals surface area (Å²) >= 11 is 0. The van der Waals surface area contributed by atoms with Crippen molar-refractivity contribution in [1.29, 1.82) is 0 Å². The molecule has 0 fully saturated rings. The molecule has 3 aromatic rings. The second kappa shape index (κ2) is 11.3. The Hall–Kier alpha value is -2.94. The second-order valence-corrected chi connectivity index (χ2v) is 8.87. The maximum absolute atomic E-state index is 10.4. The Balaban J connectivity index is 1.97. The molecule has 0 saturated carbocycles. The number of benzene rings is 3. The van der Waals surface area contributed by atoms with E-state index in [9.17, 15) is 5.11 Å². The van der Waals surface area contributed by atoms with Gasteiger partial charge in [0.05, 0.1) is 6.04 Å². The van der Waals surface area contributed by atoms with Gasteiger partial charge in [-0.1, -0.05) is 77.1 Å². The van der Waals surface area contributed by atoms with Crippen molar-refractivity contribution in [3.8, 4) is 5.75 Å². The highest BCUT2D eigenvalue weighted by atomic mass is 16.3. The molecule has 0 aromatic heterocycles. The SMILES string of the molecule is CCc1cc(Cc2cc(CC)c(NC(CC)c3ccccc3O)c(CC)c2)cc(CC)c1N. The van der Waals surface area contributed by atoms with Crippen LogP contribution in [0.2, 0.25) is 0 Å². The summed E-state index contributed by atoms with van der Waals surface area (Å²) in [4.78, 5) is 0. The molecule has 0 bridgehead atoms. The van der Waals surface area contributed by atoms with E-state index >= 15 is 0 Å². The fourth-order valence-corrected chi connectivity index (χ4v) is 4.81. The van der Waals surface area contributed by atoms with Gasteiger partial charge in [0.15, 0.2) is 0 Å². The zero-order valence-corrected chi connectivity index (χ0v) is 21.0. The van der Waals surface area contributed by atoms with Crippen LogP contribution in [0.4, 0.5) is 11.4 Å². The van der Waals surface area contributed by atoms with Gasteiger partial charge in [-0.05, 0) is 78.0 Å². The second-order valence-electron chi connectivity index (χ2n) is 8.87. The first-order chi connectivity index (χ1) is 15.9. The number of phenolic OH excluding ortho intramolecular Hbond substituents is 1. The highest BCUT2D eigenvalue weighted by Gasteiger charge is 2.17. The van der Waals surface area contributed by atoms with Gasteiger partial charge in [-0.15, -0.1) is 0 Å². The standard InChI is InChI=1S/C30H40N2O/c1-6-22-16-20(17-23(7-2)29(22)31)15-21-18-24(8-3)30(25(9-4)19-21)32-27(10-5)26-13-11-12-14-28(26)33/h11-14,16-19,27,32-33H,6-10,15,31H2,1-5H3. The average molecular weight is 445 g/mol. The van der Waals surface area contributed by atoms with Gasteiger partial charge >= 0.3 is 0 Å². The number of aromatic hydroxyl groups is 1. The van der Waals surface area contributed by atoms with Crippen LogP contribution < -0.4 is 11.1 Å². The number of hydrogen-bond acceptors (Lipinski definition) is 3. The normalized spacial score (nSPS) is 12.0. The van der Waals surface area contributed by atoms with E-state index in [1.54, 1.807) is 6.07 Å². The summed E-state index contributed by atoms with van der Waals surface area (Å²) < 4.78 is 0. The topological polar surface area (TPSA) is 58.3 Å². The van der Waals surface area contributed by atoms with Crippen LogP contribution in [0.5, 0.6) is 5.75 Å². The minimum absolute atomic E-state index is 0.0731. The minimum Gasteiger partial charge on any atom is -0.508 e. The molecular weight excluding hydrogens is 404 g/mol. The van der Waals surface area contributed by atoms with E-state index in [1.807, 2.05) is 18.2 Å².